The topological polar surface area (TPSA) is 30.7 Å². The molecule has 0 saturated heterocycles. The van der Waals surface area contributed by atoms with Gasteiger partial charge in [0.15, 0.2) is 0 Å². The smallest absolute Gasteiger partial charge is 0.0979 e. The van der Waals surface area contributed by atoms with E-state index in [-0.39, 0.29) is 0 Å². The Kier molecular flexibility index (Phi) is 8.50. The van der Waals surface area contributed by atoms with Crippen LogP contribution < -0.4 is 0 Å². The molecule has 0 radical (unpaired) electrons. The van der Waals surface area contributed by atoms with Gasteiger partial charge in [-0.15, -0.1) is 0 Å². The monoisotopic (exact) mass is 863 g/mol. The van der Waals surface area contributed by atoms with Gasteiger partial charge in [-0.3, -0.25) is 4.98 Å². The van der Waals surface area contributed by atoms with E-state index in [1.54, 1.807) is 0 Å². The predicted molar refractivity (Wildman–Crippen MR) is 283 cm³/mol. The molecule has 0 N–H and O–H groups in total. The summed E-state index contributed by atoms with van der Waals surface area (Å²) >= 11 is 0. The first-order valence-corrected chi connectivity index (χ1v) is 23.4. The summed E-state index contributed by atoms with van der Waals surface area (Å²) < 4.78 is 2.38. The summed E-state index contributed by atoms with van der Waals surface area (Å²) in [5.74, 6) is 0. The Balaban J connectivity index is 0.934. The average molecular weight is 864 g/mol. The minimum absolute atomic E-state index is 0.609. The van der Waals surface area contributed by atoms with Gasteiger partial charge in [0.05, 0.1) is 39.4 Å². The highest BCUT2D eigenvalue weighted by Gasteiger charge is 2.46. The summed E-state index contributed by atoms with van der Waals surface area (Å²) in [5.41, 5.74) is 18.8. The Bertz CT molecular complexity index is 4060. The lowest BCUT2D eigenvalue weighted by atomic mass is 9.67. The van der Waals surface area contributed by atoms with Gasteiger partial charge in [-0.2, -0.15) is 0 Å². The molecule has 0 spiro atoms. The van der Waals surface area contributed by atoms with E-state index in [1.807, 2.05) is 6.20 Å². The fourth-order valence-corrected chi connectivity index (χ4v) is 11.5. The predicted octanol–water partition coefficient (Wildman–Crippen LogP) is 16.4. The molecule has 0 bridgehead atoms. The molecule has 0 fully saturated rings. The van der Waals surface area contributed by atoms with E-state index < -0.39 is 5.41 Å². The van der Waals surface area contributed by atoms with Crippen molar-refractivity contribution in [2.45, 2.75) is 5.41 Å². The first-order valence-electron chi connectivity index (χ1n) is 23.4. The number of nitrogens with zero attached hydrogens (tertiary/aromatic N) is 3. The Hall–Kier alpha value is -8.92. The number of benzene rings is 11. The Labute approximate surface area is 393 Å². The van der Waals surface area contributed by atoms with E-state index in [9.17, 15) is 0 Å². The summed E-state index contributed by atoms with van der Waals surface area (Å²) in [6, 6.07) is 88.7. The molecule has 0 unspecified atom stereocenters. The van der Waals surface area contributed by atoms with E-state index in [0.29, 0.717) is 0 Å². The summed E-state index contributed by atoms with van der Waals surface area (Å²) in [6.45, 7) is 0. The quantitative estimate of drug-likeness (QED) is 0.156. The van der Waals surface area contributed by atoms with E-state index in [0.717, 1.165) is 38.8 Å². The van der Waals surface area contributed by atoms with Crippen molar-refractivity contribution in [1.82, 2.24) is 14.5 Å². The van der Waals surface area contributed by atoms with Gasteiger partial charge in [-0.25, -0.2) is 4.98 Å². The van der Waals surface area contributed by atoms with Crippen LogP contribution in [0.25, 0.3) is 105 Å². The van der Waals surface area contributed by atoms with Gasteiger partial charge in [-0.05, 0) is 115 Å². The molecule has 316 valence electrons. The molecule has 0 aliphatic heterocycles. The lowest BCUT2D eigenvalue weighted by Gasteiger charge is -2.34. The zero-order valence-corrected chi connectivity index (χ0v) is 37.0. The Morgan fingerprint density at radius 2 is 0.809 bits per heavy atom. The molecule has 13 aromatic rings. The third-order valence-corrected chi connectivity index (χ3v) is 14.5. The molecule has 3 heteroatoms. The van der Waals surface area contributed by atoms with Crippen LogP contribution in [0, 0.1) is 0 Å². The number of aromatic nitrogens is 3. The lowest BCUT2D eigenvalue weighted by molar-refractivity contribution is 0.769. The summed E-state index contributed by atoms with van der Waals surface area (Å²) in [7, 11) is 0. The minimum Gasteiger partial charge on any atom is -0.309 e. The largest absolute Gasteiger partial charge is 0.309 e. The molecule has 1 aliphatic carbocycles. The highest BCUT2D eigenvalue weighted by molar-refractivity contribution is 6.23. The number of fused-ring (bicyclic) bond motifs is 12. The second-order valence-electron chi connectivity index (χ2n) is 18.0. The first kappa shape index (κ1) is 38.4. The van der Waals surface area contributed by atoms with Crippen molar-refractivity contribution in [3.05, 3.63) is 271 Å². The summed E-state index contributed by atoms with van der Waals surface area (Å²) in [6.07, 6.45) is 1.96. The first-order chi connectivity index (χ1) is 33.7. The van der Waals surface area contributed by atoms with Crippen molar-refractivity contribution in [1.29, 1.82) is 0 Å². The fourth-order valence-electron chi connectivity index (χ4n) is 11.5. The van der Waals surface area contributed by atoms with Gasteiger partial charge >= 0.3 is 0 Å². The molecular weight excluding hydrogens is 823 g/mol. The number of para-hydroxylation sites is 2. The summed E-state index contributed by atoms with van der Waals surface area (Å²) in [5, 5.41) is 7.10. The molecule has 2 heterocycles. The molecule has 2 aromatic heterocycles. The third-order valence-electron chi connectivity index (χ3n) is 14.5. The van der Waals surface area contributed by atoms with Gasteiger partial charge in [0.25, 0.3) is 0 Å². The molecule has 0 amide bonds. The molecule has 0 atom stereocenters. The van der Waals surface area contributed by atoms with Crippen LogP contribution in [0.2, 0.25) is 0 Å². The Morgan fingerprint density at radius 3 is 1.47 bits per heavy atom. The number of rotatable bonds is 6. The number of hydrogen-bond acceptors (Lipinski definition) is 2. The third kappa shape index (κ3) is 5.66. The molecule has 1 aliphatic rings. The van der Waals surface area contributed by atoms with Crippen molar-refractivity contribution in [2.75, 3.05) is 0 Å². The van der Waals surface area contributed by atoms with Crippen molar-refractivity contribution < 1.29 is 0 Å². The average Bonchev–Trinajstić information content (AvgIpc) is 3.91. The maximum atomic E-state index is 5.46. The van der Waals surface area contributed by atoms with Crippen LogP contribution in [0.5, 0.6) is 0 Å². The van der Waals surface area contributed by atoms with Gasteiger partial charge in [0.2, 0.25) is 0 Å². The van der Waals surface area contributed by atoms with Crippen molar-refractivity contribution in [3.63, 3.8) is 0 Å². The van der Waals surface area contributed by atoms with Crippen LogP contribution in [0.1, 0.15) is 22.3 Å². The van der Waals surface area contributed by atoms with Crippen LogP contribution in [0.3, 0.4) is 0 Å². The molecule has 3 nitrogen and oxygen atoms in total. The maximum Gasteiger partial charge on any atom is 0.0979 e. The highest BCUT2D eigenvalue weighted by atomic mass is 15.0. The standard InChI is InChI=1S/C65H41N3/c1-4-19-47(20-5-1)65(48-21-6-2-7-22-48)58-39-45(43-18-16-17-42(37-43)44-33-36-62-57(38-44)54-27-14-15-30-61(54)68(62)49-23-8-3-9-24-49)31-34-52(58)53-35-32-46(40-59(53)65)60-41-66-63-55-28-12-10-25-50(55)51-26-11-13-29-56(51)64(63)67-60/h1-41H. The minimum atomic E-state index is -0.609. The molecular formula is C65H41N3. The zero-order valence-electron chi connectivity index (χ0n) is 37.0. The van der Waals surface area contributed by atoms with Gasteiger partial charge in [0.1, 0.15) is 0 Å². The zero-order chi connectivity index (χ0) is 44.8. The van der Waals surface area contributed by atoms with Crippen LogP contribution >= 0.6 is 0 Å². The van der Waals surface area contributed by atoms with Crippen LogP contribution in [0.4, 0.5) is 0 Å². The van der Waals surface area contributed by atoms with Crippen LogP contribution in [-0.4, -0.2) is 14.5 Å². The molecule has 11 aromatic carbocycles. The van der Waals surface area contributed by atoms with Crippen LogP contribution in [0.15, 0.2) is 249 Å². The maximum absolute atomic E-state index is 5.46. The second-order valence-corrected chi connectivity index (χ2v) is 18.0. The molecule has 0 saturated carbocycles. The van der Waals surface area contributed by atoms with Crippen molar-refractivity contribution >= 4 is 54.4 Å². The van der Waals surface area contributed by atoms with E-state index in [1.165, 1.54) is 88.2 Å². The van der Waals surface area contributed by atoms with Gasteiger partial charge in [-0.1, -0.05) is 194 Å². The lowest BCUT2D eigenvalue weighted by Crippen LogP contribution is -2.28. The van der Waals surface area contributed by atoms with E-state index >= 15 is 0 Å². The normalized spacial score (nSPS) is 12.8. The highest BCUT2D eigenvalue weighted by Crippen LogP contribution is 2.57. The van der Waals surface area contributed by atoms with Gasteiger partial charge < -0.3 is 4.57 Å². The second kappa shape index (κ2) is 15.1. The van der Waals surface area contributed by atoms with Crippen molar-refractivity contribution in [2.24, 2.45) is 0 Å². The van der Waals surface area contributed by atoms with E-state index in [2.05, 4.69) is 247 Å². The van der Waals surface area contributed by atoms with Crippen molar-refractivity contribution in [3.8, 4) is 50.3 Å². The molecule has 14 rings (SSSR count). The Morgan fingerprint density at radius 1 is 0.324 bits per heavy atom. The SMILES string of the molecule is c1ccc(-n2c3ccccc3c3cc(-c4cccc(-c5ccc6c(c5)C(c5ccccc5)(c5ccccc5)c5cc(-c7cnc8c9ccccc9c9ccccc9c8n7)ccc5-6)c4)ccc32)cc1. The van der Waals surface area contributed by atoms with E-state index in [4.69, 9.17) is 9.97 Å². The fraction of sp³-hybridized carbons (Fsp3) is 0.0154. The van der Waals surface area contributed by atoms with Crippen LogP contribution in [-0.2, 0) is 5.41 Å². The molecule has 68 heavy (non-hydrogen) atoms. The summed E-state index contributed by atoms with van der Waals surface area (Å²) in [4.78, 5) is 10.6. The number of hydrogen-bond donors (Lipinski definition) is 0. The van der Waals surface area contributed by atoms with Gasteiger partial charge in [0, 0.05) is 32.8 Å².